The van der Waals surface area contributed by atoms with Gasteiger partial charge in [-0.2, -0.15) is 5.10 Å². The van der Waals surface area contributed by atoms with Gasteiger partial charge in [-0.25, -0.2) is 0 Å². The molecular weight excluding hydrogens is 392 g/mol. The van der Waals surface area contributed by atoms with Gasteiger partial charge in [-0.1, -0.05) is 18.2 Å². The first-order valence-electron chi connectivity index (χ1n) is 10.2. The molecule has 5 rings (SSSR count). The molecule has 0 spiro atoms. The first kappa shape index (κ1) is 19.2. The molecule has 0 fully saturated rings. The van der Waals surface area contributed by atoms with Crippen LogP contribution in [0.4, 0.5) is 0 Å². The number of methoxy groups -OCH3 is 2. The fraction of sp³-hybridized carbons (Fsp3) is 0.250. The van der Waals surface area contributed by atoms with Gasteiger partial charge in [-0.05, 0) is 37.1 Å². The predicted octanol–water partition coefficient (Wildman–Crippen LogP) is 4.00. The Labute approximate surface area is 180 Å². The molecule has 1 aliphatic heterocycles. The number of carbonyl (C=O) groups is 1. The molecule has 7 nitrogen and oxygen atoms in total. The zero-order valence-electron chi connectivity index (χ0n) is 17.7. The minimum atomic E-state index is -0.271. The maximum absolute atomic E-state index is 13.3. The second-order valence-electron chi connectivity index (χ2n) is 7.73. The summed E-state index contributed by atoms with van der Waals surface area (Å²) in [5.74, 6) is 1.32. The molecule has 0 saturated carbocycles. The van der Waals surface area contributed by atoms with Crippen molar-refractivity contribution in [2.24, 2.45) is 0 Å². The maximum atomic E-state index is 13.3. The highest BCUT2D eigenvalue weighted by molar-refractivity contribution is 5.98. The van der Waals surface area contributed by atoms with Crippen molar-refractivity contribution in [1.29, 1.82) is 0 Å². The molecule has 31 heavy (non-hydrogen) atoms. The molecule has 0 bridgehead atoms. The summed E-state index contributed by atoms with van der Waals surface area (Å²) in [5.41, 5.74) is 5.49. The van der Waals surface area contributed by atoms with Gasteiger partial charge >= 0.3 is 0 Å². The molecule has 0 saturated heterocycles. The number of benzene rings is 2. The van der Waals surface area contributed by atoms with Crippen LogP contribution in [0.3, 0.4) is 0 Å². The number of fused-ring (bicyclic) bond motifs is 2. The molecule has 1 amide bonds. The molecule has 1 aliphatic rings. The number of ether oxygens (including phenoxy) is 2. The van der Waals surface area contributed by atoms with E-state index in [2.05, 4.69) is 27.3 Å². The number of aromatic nitrogens is 3. The van der Waals surface area contributed by atoms with Crippen LogP contribution in [0.2, 0.25) is 0 Å². The van der Waals surface area contributed by atoms with E-state index in [1.807, 2.05) is 48.4 Å². The van der Waals surface area contributed by atoms with Crippen molar-refractivity contribution in [3.05, 3.63) is 76.7 Å². The van der Waals surface area contributed by atoms with E-state index in [1.165, 1.54) is 10.9 Å². The summed E-state index contributed by atoms with van der Waals surface area (Å²) in [6.45, 7) is 2.52. The van der Waals surface area contributed by atoms with Crippen molar-refractivity contribution >= 4 is 16.8 Å². The number of nitrogens with one attached hydrogen (secondary N) is 2. The van der Waals surface area contributed by atoms with Gasteiger partial charge in [0.05, 0.1) is 20.3 Å². The van der Waals surface area contributed by atoms with E-state index in [-0.39, 0.29) is 11.9 Å². The van der Waals surface area contributed by atoms with Gasteiger partial charge in [-0.3, -0.25) is 9.89 Å². The first-order valence-corrected chi connectivity index (χ1v) is 10.2. The maximum Gasteiger partial charge on any atom is 0.275 e. The highest BCUT2D eigenvalue weighted by atomic mass is 16.5. The SMILES string of the molecule is COc1ccc([C@H]2c3c(n[nH]c3C)C(=O)N2CCc2c[nH]c3ccccc23)c(OC)c1. The molecular formula is C24H24N4O3. The Hall–Kier alpha value is -3.74. The third-order valence-electron chi connectivity index (χ3n) is 6.08. The van der Waals surface area contributed by atoms with Crippen LogP contribution in [0.25, 0.3) is 10.9 Å². The summed E-state index contributed by atoms with van der Waals surface area (Å²) < 4.78 is 11.0. The Bertz CT molecular complexity index is 1270. The predicted molar refractivity (Wildman–Crippen MR) is 118 cm³/mol. The molecule has 2 aromatic heterocycles. The monoisotopic (exact) mass is 416 g/mol. The summed E-state index contributed by atoms with van der Waals surface area (Å²) in [6, 6.07) is 13.7. The lowest BCUT2D eigenvalue weighted by atomic mass is 9.97. The lowest BCUT2D eigenvalue weighted by Crippen LogP contribution is -2.31. The van der Waals surface area contributed by atoms with Crippen LogP contribution in [0.5, 0.6) is 11.5 Å². The van der Waals surface area contributed by atoms with Crippen molar-refractivity contribution in [1.82, 2.24) is 20.1 Å². The van der Waals surface area contributed by atoms with Gasteiger partial charge in [0.1, 0.15) is 11.5 Å². The van der Waals surface area contributed by atoms with Crippen LogP contribution in [-0.2, 0) is 6.42 Å². The van der Waals surface area contributed by atoms with E-state index >= 15 is 0 Å². The molecule has 0 unspecified atom stereocenters. The second kappa shape index (κ2) is 7.50. The Balaban J connectivity index is 1.53. The molecule has 3 heterocycles. The van der Waals surface area contributed by atoms with Gasteiger partial charge in [0.25, 0.3) is 5.91 Å². The Kier molecular flexibility index (Phi) is 4.66. The molecule has 0 aliphatic carbocycles. The minimum absolute atomic E-state index is 0.0675. The van der Waals surface area contributed by atoms with Gasteiger partial charge in [0.15, 0.2) is 5.69 Å². The van der Waals surface area contributed by atoms with Crippen LogP contribution in [0.15, 0.2) is 48.7 Å². The summed E-state index contributed by atoms with van der Waals surface area (Å²) in [5, 5.41) is 8.46. The zero-order chi connectivity index (χ0) is 21.5. The van der Waals surface area contributed by atoms with Crippen LogP contribution in [-0.4, -0.2) is 46.8 Å². The average Bonchev–Trinajstić information content (AvgIpc) is 3.46. The molecule has 4 aromatic rings. The normalized spacial score (nSPS) is 15.5. The topological polar surface area (TPSA) is 83.2 Å². The van der Waals surface area contributed by atoms with Crippen molar-refractivity contribution in [3.8, 4) is 11.5 Å². The molecule has 158 valence electrons. The highest BCUT2D eigenvalue weighted by Crippen LogP contribution is 2.43. The van der Waals surface area contributed by atoms with Crippen molar-refractivity contribution in [2.75, 3.05) is 20.8 Å². The fourth-order valence-corrected chi connectivity index (χ4v) is 4.52. The number of rotatable bonds is 6. The summed E-state index contributed by atoms with van der Waals surface area (Å²) in [7, 11) is 3.26. The molecule has 1 atom stereocenters. The van der Waals surface area contributed by atoms with E-state index < -0.39 is 0 Å². The molecule has 7 heteroatoms. The molecule has 2 aromatic carbocycles. The number of carbonyl (C=O) groups excluding carboxylic acids is 1. The number of para-hydroxylation sites is 1. The Morgan fingerprint density at radius 2 is 1.97 bits per heavy atom. The Morgan fingerprint density at radius 1 is 1.13 bits per heavy atom. The van der Waals surface area contributed by atoms with Crippen LogP contribution in [0.1, 0.15) is 38.9 Å². The lowest BCUT2D eigenvalue weighted by Gasteiger charge is -2.27. The number of aryl methyl sites for hydroxylation is 1. The second-order valence-corrected chi connectivity index (χ2v) is 7.73. The van der Waals surface area contributed by atoms with E-state index in [4.69, 9.17) is 9.47 Å². The van der Waals surface area contributed by atoms with E-state index in [0.717, 1.165) is 28.8 Å². The van der Waals surface area contributed by atoms with E-state index in [1.54, 1.807) is 14.2 Å². The number of hydrogen-bond donors (Lipinski definition) is 2. The van der Waals surface area contributed by atoms with Gasteiger partial charge < -0.3 is 19.4 Å². The third kappa shape index (κ3) is 3.04. The van der Waals surface area contributed by atoms with Crippen LogP contribution < -0.4 is 9.47 Å². The third-order valence-corrected chi connectivity index (χ3v) is 6.08. The van der Waals surface area contributed by atoms with Crippen LogP contribution in [0, 0.1) is 6.92 Å². The van der Waals surface area contributed by atoms with Crippen LogP contribution >= 0.6 is 0 Å². The minimum Gasteiger partial charge on any atom is -0.497 e. The van der Waals surface area contributed by atoms with Gasteiger partial charge in [-0.15, -0.1) is 0 Å². The average molecular weight is 416 g/mol. The van der Waals surface area contributed by atoms with E-state index in [0.29, 0.717) is 23.7 Å². The number of amides is 1. The largest absolute Gasteiger partial charge is 0.497 e. The van der Waals surface area contributed by atoms with Crippen molar-refractivity contribution < 1.29 is 14.3 Å². The van der Waals surface area contributed by atoms with E-state index in [9.17, 15) is 4.79 Å². The number of nitrogens with zero attached hydrogens (tertiary/aromatic N) is 2. The zero-order valence-corrected chi connectivity index (χ0v) is 17.7. The summed E-state index contributed by atoms with van der Waals surface area (Å²) >= 11 is 0. The summed E-state index contributed by atoms with van der Waals surface area (Å²) in [4.78, 5) is 18.5. The number of H-pyrrole nitrogens is 2. The Morgan fingerprint density at radius 3 is 2.77 bits per heavy atom. The highest BCUT2D eigenvalue weighted by Gasteiger charge is 2.42. The standard InChI is InChI=1S/C24H24N4O3/c1-14-21-22(27-26-14)24(29)28(11-10-15-13-25-19-7-5-4-6-17(15)19)23(21)18-9-8-16(30-2)12-20(18)31-3/h4-9,12-13,23,25H,10-11H2,1-3H3,(H,26,27)/t23-/m0/s1. The first-order chi connectivity index (χ1) is 15.1. The molecule has 0 radical (unpaired) electrons. The van der Waals surface area contributed by atoms with Gasteiger partial charge in [0, 0.05) is 46.5 Å². The van der Waals surface area contributed by atoms with Crippen molar-refractivity contribution in [2.45, 2.75) is 19.4 Å². The lowest BCUT2D eigenvalue weighted by molar-refractivity contribution is 0.0744. The quantitative estimate of drug-likeness (QED) is 0.498. The number of aromatic amines is 2. The number of hydrogen-bond acceptors (Lipinski definition) is 4. The molecule has 2 N–H and O–H groups in total. The fourth-order valence-electron chi connectivity index (χ4n) is 4.52. The summed E-state index contributed by atoms with van der Waals surface area (Å²) in [6.07, 6.45) is 2.76. The van der Waals surface area contributed by atoms with Gasteiger partial charge in [0.2, 0.25) is 0 Å². The van der Waals surface area contributed by atoms with Crippen molar-refractivity contribution in [3.63, 3.8) is 0 Å². The smallest absolute Gasteiger partial charge is 0.275 e.